The summed E-state index contributed by atoms with van der Waals surface area (Å²) in [6, 6.07) is 25.5. The van der Waals surface area contributed by atoms with Crippen LogP contribution in [-0.2, 0) is 16.6 Å². The molecule has 2 atom stereocenters. The maximum atomic E-state index is 14.2. The summed E-state index contributed by atoms with van der Waals surface area (Å²) < 4.78 is 0. The van der Waals surface area contributed by atoms with Gasteiger partial charge in [-0.15, -0.1) is 0 Å². The van der Waals surface area contributed by atoms with Gasteiger partial charge in [0.15, 0.2) is 0 Å². The van der Waals surface area contributed by atoms with E-state index in [1.807, 2.05) is 67.3 Å². The highest BCUT2D eigenvalue weighted by Crippen LogP contribution is 2.51. The predicted molar refractivity (Wildman–Crippen MR) is 136 cm³/mol. The minimum absolute atomic E-state index is 0.00595. The number of hydrogen-bond donors (Lipinski definition) is 1. The van der Waals surface area contributed by atoms with E-state index >= 15 is 0 Å². The Labute approximate surface area is 201 Å². The second-order valence-electron chi connectivity index (χ2n) is 10.3. The second kappa shape index (κ2) is 8.01. The summed E-state index contributed by atoms with van der Waals surface area (Å²) in [5.41, 5.74) is 5.92. The Morgan fingerprint density at radius 1 is 0.882 bits per heavy atom. The summed E-state index contributed by atoms with van der Waals surface area (Å²) in [6.45, 7) is 8.39. The molecule has 0 aliphatic carbocycles. The summed E-state index contributed by atoms with van der Waals surface area (Å²) in [5, 5.41) is 1.64. The Morgan fingerprint density at radius 3 is 2.21 bits per heavy atom. The number of hydrogen-bond acceptors (Lipinski definition) is 3. The molecule has 2 aliphatic rings. The van der Waals surface area contributed by atoms with Gasteiger partial charge < -0.3 is 0 Å². The molecule has 2 amide bonds. The molecule has 3 aromatic carbocycles. The Balaban J connectivity index is 1.60. The van der Waals surface area contributed by atoms with Crippen LogP contribution >= 0.6 is 0 Å². The topological polar surface area (TPSA) is 52.7 Å². The zero-order valence-electron chi connectivity index (χ0n) is 20.2. The van der Waals surface area contributed by atoms with Gasteiger partial charge in [0.05, 0.1) is 22.4 Å². The number of amides is 2. The van der Waals surface area contributed by atoms with Crippen LogP contribution in [-0.4, -0.2) is 22.5 Å². The normalized spacial score (nSPS) is 23.8. The highest BCUT2D eigenvalue weighted by Gasteiger charge is 2.62. The first-order valence-electron chi connectivity index (χ1n) is 11.9. The highest BCUT2D eigenvalue weighted by molar-refractivity contribution is 6.13. The number of hydrazine groups is 1. The maximum absolute atomic E-state index is 14.2. The molecule has 1 fully saturated rings. The Hall–Kier alpha value is -3.60. The van der Waals surface area contributed by atoms with Crippen LogP contribution in [0.15, 0.2) is 78.9 Å². The fourth-order valence-corrected chi connectivity index (χ4v) is 5.55. The Bertz CT molecular complexity index is 1240. The largest absolute Gasteiger partial charge is 0.294 e. The van der Waals surface area contributed by atoms with Crippen LogP contribution < -0.4 is 10.3 Å². The van der Waals surface area contributed by atoms with Gasteiger partial charge in [-0.2, -0.15) is 0 Å². The van der Waals surface area contributed by atoms with E-state index in [-0.39, 0.29) is 11.8 Å². The zero-order valence-corrected chi connectivity index (χ0v) is 20.2. The van der Waals surface area contributed by atoms with Crippen LogP contribution in [0.1, 0.15) is 55.6 Å². The molecule has 0 bridgehead atoms. The minimum Gasteiger partial charge on any atom is -0.294 e. The van der Waals surface area contributed by atoms with Gasteiger partial charge in [0, 0.05) is 6.42 Å². The molecular weight excluding hydrogens is 422 g/mol. The lowest BCUT2D eigenvalue weighted by Crippen LogP contribution is -2.64. The summed E-state index contributed by atoms with van der Waals surface area (Å²) in [7, 11) is 0. The van der Waals surface area contributed by atoms with Crippen LogP contribution in [0.2, 0.25) is 0 Å². The van der Waals surface area contributed by atoms with Crippen molar-refractivity contribution in [2.45, 2.75) is 51.6 Å². The number of fused-ring (bicyclic) bond motifs is 3. The molecular formula is C29H31N3O2. The van der Waals surface area contributed by atoms with E-state index in [4.69, 9.17) is 0 Å². The van der Waals surface area contributed by atoms with Gasteiger partial charge in [-0.1, -0.05) is 68.4 Å². The first-order valence-corrected chi connectivity index (χ1v) is 11.9. The quantitative estimate of drug-likeness (QED) is 0.533. The standard InChI is InChI=1S/C29H31N3O2/c1-20(2)18-21-14-16-22(17-15-21)28(3)19-29(4)31(27(28)34)25-13-9-8-12-24(25)26(33)32(29)30-23-10-6-5-7-11-23/h5-17,20,30H,18-19H2,1-4H3/t28-,29+/m0/s1. The van der Waals surface area contributed by atoms with Gasteiger partial charge in [0.1, 0.15) is 5.66 Å². The minimum atomic E-state index is -0.871. The number of carbonyl (C=O) groups is 2. The molecule has 0 spiro atoms. The summed E-state index contributed by atoms with van der Waals surface area (Å²) in [6.07, 6.45) is 1.48. The SMILES string of the molecule is CC(C)Cc1ccc([C@]2(C)C[C@@]3(C)N(Nc4ccccc4)C(=O)c4ccccc4N3C2=O)cc1. The molecule has 2 aliphatic heterocycles. The number of benzene rings is 3. The van der Waals surface area contributed by atoms with Crippen LogP contribution in [0.25, 0.3) is 0 Å². The van der Waals surface area contributed by atoms with Gasteiger partial charge in [-0.25, -0.2) is 5.01 Å². The molecule has 174 valence electrons. The fourth-order valence-electron chi connectivity index (χ4n) is 5.55. The van der Waals surface area contributed by atoms with Crippen molar-refractivity contribution in [1.29, 1.82) is 0 Å². The third kappa shape index (κ3) is 3.38. The third-order valence-corrected chi connectivity index (χ3v) is 7.16. The molecule has 5 rings (SSSR count). The molecule has 0 saturated carbocycles. The van der Waals surface area contributed by atoms with Crippen molar-refractivity contribution in [3.8, 4) is 0 Å². The second-order valence-corrected chi connectivity index (χ2v) is 10.3. The molecule has 0 aromatic heterocycles. The van der Waals surface area contributed by atoms with Crippen molar-refractivity contribution in [2.24, 2.45) is 5.92 Å². The number of nitrogens with one attached hydrogen (secondary N) is 1. The van der Waals surface area contributed by atoms with Gasteiger partial charge in [-0.3, -0.25) is 19.9 Å². The molecule has 5 heteroatoms. The van der Waals surface area contributed by atoms with Gasteiger partial charge in [0.2, 0.25) is 5.91 Å². The number of carbonyl (C=O) groups excluding carboxylic acids is 2. The van der Waals surface area contributed by atoms with E-state index in [2.05, 4.69) is 43.5 Å². The van der Waals surface area contributed by atoms with E-state index < -0.39 is 11.1 Å². The Kier molecular flexibility index (Phi) is 5.23. The van der Waals surface area contributed by atoms with Crippen molar-refractivity contribution in [3.05, 3.63) is 95.6 Å². The molecule has 3 aromatic rings. The Morgan fingerprint density at radius 2 is 1.53 bits per heavy atom. The van der Waals surface area contributed by atoms with Crippen LogP contribution in [0.5, 0.6) is 0 Å². The zero-order chi connectivity index (χ0) is 24.1. The lowest BCUT2D eigenvalue weighted by molar-refractivity contribution is -0.121. The maximum Gasteiger partial charge on any atom is 0.276 e. The number of anilines is 2. The van der Waals surface area contributed by atoms with Crippen molar-refractivity contribution in [2.75, 3.05) is 10.3 Å². The molecule has 5 nitrogen and oxygen atoms in total. The monoisotopic (exact) mass is 453 g/mol. The third-order valence-electron chi connectivity index (χ3n) is 7.16. The average molecular weight is 454 g/mol. The molecule has 1 N–H and O–H groups in total. The van der Waals surface area contributed by atoms with Gasteiger partial charge in [0.25, 0.3) is 5.91 Å². The van der Waals surface area contributed by atoms with Gasteiger partial charge >= 0.3 is 0 Å². The van der Waals surface area contributed by atoms with E-state index in [9.17, 15) is 9.59 Å². The van der Waals surface area contributed by atoms with Crippen molar-refractivity contribution >= 4 is 23.2 Å². The molecule has 0 radical (unpaired) electrons. The molecule has 34 heavy (non-hydrogen) atoms. The molecule has 2 heterocycles. The van der Waals surface area contributed by atoms with Crippen molar-refractivity contribution in [1.82, 2.24) is 5.01 Å². The molecule has 1 saturated heterocycles. The fraction of sp³-hybridized carbons (Fsp3) is 0.310. The summed E-state index contributed by atoms with van der Waals surface area (Å²) in [5.74, 6) is 0.441. The van der Waals surface area contributed by atoms with Crippen LogP contribution in [0, 0.1) is 5.92 Å². The van der Waals surface area contributed by atoms with E-state index in [1.54, 1.807) is 11.1 Å². The smallest absolute Gasteiger partial charge is 0.276 e. The van der Waals surface area contributed by atoms with E-state index in [1.165, 1.54) is 5.56 Å². The lowest BCUT2D eigenvalue weighted by atomic mass is 9.78. The average Bonchev–Trinajstić information content (AvgIpc) is 3.04. The lowest BCUT2D eigenvalue weighted by Gasteiger charge is -2.48. The summed E-state index contributed by atoms with van der Waals surface area (Å²) >= 11 is 0. The van der Waals surface area contributed by atoms with Crippen LogP contribution in [0.3, 0.4) is 0 Å². The number of rotatable bonds is 5. The predicted octanol–water partition coefficient (Wildman–Crippen LogP) is 5.78. The summed E-state index contributed by atoms with van der Waals surface area (Å²) in [4.78, 5) is 29.7. The highest BCUT2D eigenvalue weighted by atomic mass is 16.2. The number of nitrogens with zero attached hydrogens (tertiary/aromatic N) is 2. The van der Waals surface area contributed by atoms with Crippen molar-refractivity contribution in [3.63, 3.8) is 0 Å². The van der Waals surface area contributed by atoms with Gasteiger partial charge in [-0.05, 0) is 61.6 Å². The van der Waals surface area contributed by atoms with Crippen LogP contribution in [0.4, 0.5) is 11.4 Å². The number of para-hydroxylation sites is 2. The molecule has 0 unspecified atom stereocenters. The van der Waals surface area contributed by atoms with Crippen molar-refractivity contribution < 1.29 is 9.59 Å². The van der Waals surface area contributed by atoms with E-state index in [0.717, 1.165) is 17.7 Å². The van der Waals surface area contributed by atoms with E-state index in [0.29, 0.717) is 23.6 Å². The first kappa shape index (κ1) is 22.2. The first-order chi connectivity index (χ1) is 16.2.